The van der Waals surface area contributed by atoms with Crippen LogP contribution in [0.1, 0.15) is 67.0 Å². The summed E-state index contributed by atoms with van der Waals surface area (Å²) in [7, 11) is 3.89. The van der Waals surface area contributed by atoms with Crippen molar-refractivity contribution in [2.24, 2.45) is 0 Å². The van der Waals surface area contributed by atoms with Gasteiger partial charge in [0.1, 0.15) is 28.5 Å². The highest BCUT2D eigenvalue weighted by atomic mass is 35.5. The first kappa shape index (κ1) is 25.2. The quantitative estimate of drug-likeness (QED) is 0.479. The van der Waals surface area contributed by atoms with Crippen LogP contribution >= 0.6 is 11.6 Å². The van der Waals surface area contributed by atoms with Crippen LogP contribution < -0.4 is 15.8 Å². The highest BCUT2D eigenvalue weighted by Crippen LogP contribution is 2.41. The second-order valence-electron chi connectivity index (χ2n) is 9.91. The summed E-state index contributed by atoms with van der Waals surface area (Å²) in [5.74, 6) is -0.542. The Bertz CT molecular complexity index is 1280. The monoisotopic (exact) mass is 502 g/mol. The molecule has 0 saturated heterocycles. The number of carbonyl (C=O) groups is 1. The topological polar surface area (TPSA) is 97.8 Å². The van der Waals surface area contributed by atoms with Crippen molar-refractivity contribution in [1.29, 1.82) is 0 Å². The van der Waals surface area contributed by atoms with E-state index in [1.54, 1.807) is 12.4 Å². The number of nitrogens with two attached hydrogens (primary N) is 1. The molecule has 2 aromatic heterocycles. The number of benzene rings is 1. The van der Waals surface area contributed by atoms with Gasteiger partial charge in [-0.2, -0.15) is 0 Å². The minimum Gasteiger partial charge on any atom is -0.490 e. The average Bonchev–Trinajstić information content (AvgIpc) is 3.41. The first-order valence-electron chi connectivity index (χ1n) is 11.7. The van der Waals surface area contributed by atoms with Gasteiger partial charge >= 0.3 is 0 Å². The van der Waals surface area contributed by atoms with Crippen LogP contribution in [-0.2, 0) is 0 Å². The zero-order valence-electron chi connectivity index (χ0n) is 20.9. The van der Waals surface area contributed by atoms with E-state index in [9.17, 15) is 4.79 Å². The SMILES string of the molecule is Cc1nc([C@@H](C)c2cc(Cl)c(F)c(C(=O)NC3(CN(C)C)CC3)c2OC(C)C)n2ccnc(N)c12. The van der Waals surface area contributed by atoms with Crippen LogP contribution in [0, 0.1) is 12.7 Å². The number of nitrogens with zero attached hydrogens (tertiary/aromatic N) is 4. The number of anilines is 1. The van der Waals surface area contributed by atoms with Gasteiger partial charge in [0, 0.05) is 30.4 Å². The van der Waals surface area contributed by atoms with Gasteiger partial charge in [0.15, 0.2) is 5.82 Å². The van der Waals surface area contributed by atoms with Crippen LogP contribution in [0.15, 0.2) is 18.5 Å². The number of amides is 1. The van der Waals surface area contributed by atoms with E-state index in [2.05, 4.69) is 10.3 Å². The van der Waals surface area contributed by atoms with E-state index < -0.39 is 17.6 Å². The molecule has 188 valence electrons. The number of imidazole rings is 1. The Labute approximate surface area is 209 Å². The number of likely N-dealkylation sites (N-methyl/N-ethyl adjacent to an activating group) is 1. The number of aromatic nitrogens is 3. The fourth-order valence-electron chi connectivity index (χ4n) is 4.61. The fourth-order valence-corrected chi connectivity index (χ4v) is 4.82. The zero-order valence-corrected chi connectivity index (χ0v) is 21.7. The molecule has 35 heavy (non-hydrogen) atoms. The van der Waals surface area contributed by atoms with Gasteiger partial charge in [-0.3, -0.25) is 9.20 Å². The first-order valence-corrected chi connectivity index (χ1v) is 12.1. The number of nitrogen functional groups attached to an aromatic ring is 1. The number of hydrogen-bond donors (Lipinski definition) is 2. The molecule has 1 amide bonds. The lowest BCUT2D eigenvalue weighted by atomic mass is 9.95. The van der Waals surface area contributed by atoms with Crippen molar-refractivity contribution in [3.8, 4) is 5.75 Å². The average molecular weight is 503 g/mol. The van der Waals surface area contributed by atoms with Crippen molar-refractivity contribution in [2.75, 3.05) is 26.4 Å². The van der Waals surface area contributed by atoms with Gasteiger partial charge in [-0.05, 0) is 53.8 Å². The minimum absolute atomic E-state index is 0.149. The molecule has 4 rings (SSSR count). The van der Waals surface area contributed by atoms with Crippen LogP contribution in [0.5, 0.6) is 5.75 Å². The van der Waals surface area contributed by atoms with E-state index in [4.69, 9.17) is 27.1 Å². The van der Waals surface area contributed by atoms with Crippen molar-refractivity contribution in [3.63, 3.8) is 0 Å². The van der Waals surface area contributed by atoms with Crippen LogP contribution in [-0.4, -0.2) is 57.5 Å². The Morgan fingerprint density at radius 1 is 1.37 bits per heavy atom. The zero-order chi connectivity index (χ0) is 25.7. The lowest BCUT2D eigenvalue weighted by molar-refractivity contribution is 0.0912. The van der Waals surface area contributed by atoms with Gasteiger partial charge in [-0.1, -0.05) is 18.5 Å². The summed E-state index contributed by atoms with van der Waals surface area (Å²) in [6, 6.07) is 1.52. The first-order chi connectivity index (χ1) is 16.4. The summed E-state index contributed by atoms with van der Waals surface area (Å²) in [5.41, 5.74) is 7.51. The molecule has 0 aliphatic heterocycles. The molecule has 2 heterocycles. The third-order valence-electron chi connectivity index (χ3n) is 6.27. The smallest absolute Gasteiger partial charge is 0.258 e. The molecule has 1 aromatic carbocycles. The lowest BCUT2D eigenvalue weighted by Crippen LogP contribution is -2.44. The maximum atomic E-state index is 15.4. The third kappa shape index (κ3) is 4.79. The Balaban J connectivity index is 1.85. The van der Waals surface area contributed by atoms with Gasteiger partial charge in [0.25, 0.3) is 5.91 Å². The molecule has 8 nitrogen and oxygen atoms in total. The van der Waals surface area contributed by atoms with E-state index in [1.165, 1.54) is 6.07 Å². The van der Waals surface area contributed by atoms with E-state index in [0.717, 1.165) is 12.8 Å². The van der Waals surface area contributed by atoms with Gasteiger partial charge in [-0.25, -0.2) is 14.4 Å². The van der Waals surface area contributed by atoms with Gasteiger partial charge in [0.2, 0.25) is 0 Å². The highest BCUT2D eigenvalue weighted by Gasteiger charge is 2.45. The Morgan fingerprint density at radius 3 is 2.66 bits per heavy atom. The van der Waals surface area contributed by atoms with E-state index in [0.29, 0.717) is 35.0 Å². The number of ether oxygens (including phenoxy) is 1. The van der Waals surface area contributed by atoms with Crippen molar-refractivity contribution < 1.29 is 13.9 Å². The molecule has 0 radical (unpaired) electrons. The van der Waals surface area contributed by atoms with E-state index in [-0.39, 0.29) is 28.0 Å². The van der Waals surface area contributed by atoms with Gasteiger partial charge in [-0.15, -0.1) is 0 Å². The Morgan fingerprint density at radius 2 is 2.06 bits per heavy atom. The molecule has 1 aliphatic rings. The van der Waals surface area contributed by atoms with Crippen molar-refractivity contribution >= 4 is 28.8 Å². The molecule has 1 aliphatic carbocycles. The standard InChI is InChI=1S/C25H32ClFN6O2/c1-13(2)35-21-16(14(3)23-30-15(4)20-22(28)29-9-10-33(20)23)11-17(26)19(27)18(21)24(34)31-25(7-8-25)12-32(5)6/h9-11,13-14H,7-8,12H2,1-6H3,(H2,28,29)(H,31,34)/t14-/m0/s1. The van der Waals surface area contributed by atoms with Crippen LogP contribution in [0.3, 0.4) is 0 Å². The molecular formula is C25H32ClFN6O2. The van der Waals surface area contributed by atoms with Crippen molar-refractivity contribution in [3.05, 3.63) is 51.9 Å². The van der Waals surface area contributed by atoms with Crippen molar-refractivity contribution in [2.45, 2.75) is 58.1 Å². The molecule has 3 N–H and O–H groups in total. The normalized spacial score (nSPS) is 15.6. The summed E-state index contributed by atoms with van der Waals surface area (Å²) < 4.78 is 23.4. The predicted octanol–water partition coefficient (Wildman–Crippen LogP) is 4.18. The third-order valence-corrected chi connectivity index (χ3v) is 6.55. The lowest BCUT2D eigenvalue weighted by Gasteiger charge is -2.25. The Kier molecular flexibility index (Phi) is 6.68. The molecule has 0 unspecified atom stereocenters. The highest BCUT2D eigenvalue weighted by molar-refractivity contribution is 6.31. The molecule has 0 spiro atoms. The minimum atomic E-state index is -0.797. The molecular weight excluding hydrogens is 471 g/mol. The number of rotatable bonds is 8. The molecule has 1 fully saturated rings. The molecule has 10 heteroatoms. The van der Waals surface area contributed by atoms with Crippen LogP contribution in [0.2, 0.25) is 5.02 Å². The molecule has 1 saturated carbocycles. The number of halogens is 2. The van der Waals surface area contributed by atoms with Gasteiger partial charge in [0.05, 0.1) is 22.4 Å². The summed E-state index contributed by atoms with van der Waals surface area (Å²) >= 11 is 6.35. The number of fused-ring (bicyclic) bond motifs is 1. The maximum Gasteiger partial charge on any atom is 0.258 e. The molecule has 0 bridgehead atoms. The van der Waals surface area contributed by atoms with E-state index in [1.807, 2.05) is 51.1 Å². The van der Waals surface area contributed by atoms with Crippen molar-refractivity contribution in [1.82, 2.24) is 24.6 Å². The fraction of sp³-hybridized carbons (Fsp3) is 0.480. The second-order valence-corrected chi connectivity index (χ2v) is 10.3. The molecule has 1 atom stereocenters. The summed E-state index contributed by atoms with van der Waals surface area (Å²) in [6.07, 6.45) is 4.73. The number of nitrogens with one attached hydrogen (secondary N) is 1. The number of carbonyl (C=O) groups excluding carboxylic acids is 1. The second kappa shape index (κ2) is 9.28. The van der Waals surface area contributed by atoms with Crippen LogP contribution in [0.4, 0.5) is 10.2 Å². The summed E-state index contributed by atoms with van der Waals surface area (Å²) in [5, 5.41) is 2.89. The van der Waals surface area contributed by atoms with E-state index >= 15 is 4.39 Å². The number of aryl methyl sites for hydroxylation is 1. The molecule has 3 aromatic rings. The Hall–Kier alpha value is -2.91. The maximum absolute atomic E-state index is 15.4. The predicted molar refractivity (Wildman–Crippen MR) is 135 cm³/mol. The summed E-state index contributed by atoms with van der Waals surface area (Å²) in [4.78, 5) is 24.4. The summed E-state index contributed by atoms with van der Waals surface area (Å²) in [6.45, 7) is 8.10. The van der Waals surface area contributed by atoms with Gasteiger partial charge < -0.3 is 20.7 Å². The number of hydrogen-bond acceptors (Lipinski definition) is 6. The largest absolute Gasteiger partial charge is 0.490 e. The van der Waals surface area contributed by atoms with Crippen LogP contribution in [0.25, 0.3) is 5.52 Å².